The van der Waals surface area contributed by atoms with Gasteiger partial charge < -0.3 is 19.6 Å². The van der Waals surface area contributed by atoms with E-state index in [1.807, 2.05) is 19.0 Å². The van der Waals surface area contributed by atoms with Gasteiger partial charge in [0.15, 0.2) is 0 Å². The molecule has 15 heavy (non-hydrogen) atoms. The Morgan fingerprint density at radius 1 is 1.53 bits per heavy atom. The topological polar surface area (TPSA) is 53.0 Å². The van der Waals surface area contributed by atoms with E-state index in [0.717, 1.165) is 6.54 Å². The molecule has 1 N–H and O–H groups in total. The van der Waals surface area contributed by atoms with Gasteiger partial charge in [-0.15, -0.1) is 0 Å². The lowest BCUT2D eigenvalue weighted by Gasteiger charge is -2.16. The maximum absolute atomic E-state index is 11.3. The Morgan fingerprint density at radius 2 is 2.27 bits per heavy atom. The van der Waals surface area contributed by atoms with E-state index in [9.17, 15) is 9.90 Å². The van der Waals surface area contributed by atoms with Gasteiger partial charge in [-0.3, -0.25) is 4.79 Å². The highest BCUT2D eigenvalue weighted by atomic mass is 16.5. The fourth-order valence-electron chi connectivity index (χ4n) is 1.49. The normalized spacial score (nSPS) is 21.7. The molecule has 1 aliphatic rings. The van der Waals surface area contributed by atoms with Crippen molar-refractivity contribution in [1.82, 2.24) is 9.80 Å². The molecule has 1 unspecified atom stereocenters. The van der Waals surface area contributed by atoms with E-state index in [1.54, 1.807) is 4.90 Å². The molecule has 0 bridgehead atoms. The van der Waals surface area contributed by atoms with Gasteiger partial charge in [0.2, 0.25) is 5.91 Å². The Morgan fingerprint density at radius 3 is 2.80 bits per heavy atom. The van der Waals surface area contributed by atoms with Gasteiger partial charge in [-0.25, -0.2) is 0 Å². The summed E-state index contributed by atoms with van der Waals surface area (Å²) in [6.07, 6.45) is -0.225. The lowest BCUT2D eigenvalue weighted by Crippen LogP contribution is -2.30. The second-order valence-corrected chi connectivity index (χ2v) is 4.11. The molecule has 88 valence electrons. The summed E-state index contributed by atoms with van der Waals surface area (Å²) in [5.41, 5.74) is 0. The zero-order valence-electron chi connectivity index (χ0n) is 9.48. The van der Waals surface area contributed by atoms with Crippen LogP contribution in [0, 0.1) is 0 Å². The first kappa shape index (κ1) is 12.4. The van der Waals surface area contributed by atoms with E-state index < -0.39 is 6.10 Å². The lowest BCUT2D eigenvalue weighted by atomic mass is 10.3. The van der Waals surface area contributed by atoms with Crippen LogP contribution in [0.1, 0.15) is 6.42 Å². The molecule has 0 aromatic rings. The number of nitrogens with zero attached hydrogens (tertiary/aromatic N) is 2. The van der Waals surface area contributed by atoms with Gasteiger partial charge in [-0.1, -0.05) is 0 Å². The summed E-state index contributed by atoms with van der Waals surface area (Å²) < 4.78 is 5.37. The predicted octanol–water partition coefficient (Wildman–Crippen LogP) is -0.842. The molecule has 1 atom stereocenters. The third-order valence-electron chi connectivity index (χ3n) is 2.38. The molecule has 1 fully saturated rings. The maximum atomic E-state index is 11.3. The zero-order chi connectivity index (χ0) is 11.3. The van der Waals surface area contributed by atoms with Crippen molar-refractivity contribution in [2.75, 3.05) is 46.9 Å². The molecule has 1 saturated heterocycles. The number of likely N-dealkylation sites (tertiary alicyclic amines) is 1. The van der Waals surface area contributed by atoms with E-state index in [1.165, 1.54) is 0 Å². The highest BCUT2D eigenvalue weighted by molar-refractivity contribution is 5.78. The summed E-state index contributed by atoms with van der Waals surface area (Å²) in [6, 6.07) is 0. The number of hydrogen-bond acceptors (Lipinski definition) is 4. The quantitative estimate of drug-likeness (QED) is 0.588. The Kier molecular flexibility index (Phi) is 5.01. The van der Waals surface area contributed by atoms with Crippen LogP contribution < -0.4 is 0 Å². The van der Waals surface area contributed by atoms with Crippen molar-refractivity contribution in [3.8, 4) is 0 Å². The first-order valence-electron chi connectivity index (χ1n) is 5.28. The largest absolute Gasteiger partial charge is 0.391 e. The molecular weight excluding hydrogens is 196 g/mol. The van der Waals surface area contributed by atoms with Crippen LogP contribution in [0.15, 0.2) is 0 Å². The van der Waals surface area contributed by atoms with E-state index in [4.69, 9.17) is 4.74 Å². The van der Waals surface area contributed by atoms with Gasteiger partial charge in [0.1, 0.15) is 0 Å². The molecule has 1 heterocycles. The van der Waals surface area contributed by atoms with Crippen LogP contribution in [-0.2, 0) is 9.53 Å². The van der Waals surface area contributed by atoms with Gasteiger partial charge in [0.25, 0.3) is 0 Å². The summed E-state index contributed by atoms with van der Waals surface area (Å²) in [4.78, 5) is 15.0. The Labute approximate surface area is 90.6 Å². The van der Waals surface area contributed by atoms with Gasteiger partial charge in [-0.05, 0) is 14.1 Å². The monoisotopic (exact) mass is 216 g/mol. The Hall–Kier alpha value is -0.650. The molecule has 1 amide bonds. The lowest BCUT2D eigenvalue weighted by molar-refractivity contribution is -0.128. The number of ether oxygens (including phenoxy) is 1. The summed E-state index contributed by atoms with van der Waals surface area (Å²) in [5.74, 6) is 0.0266. The van der Waals surface area contributed by atoms with Crippen LogP contribution in [0.2, 0.25) is 0 Å². The minimum atomic E-state index is -0.487. The molecule has 5 heteroatoms. The second-order valence-electron chi connectivity index (χ2n) is 4.11. The fraction of sp³-hybridized carbons (Fsp3) is 0.900. The zero-order valence-corrected chi connectivity index (χ0v) is 9.48. The molecule has 0 spiro atoms. The summed E-state index contributed by atoms with van der Waals surface area (Å²) >= 11 is 0. The first-order chi connectivity index (χ1) is 7.09. The van der Waals surface area contributed by atoms with Crippen molar-refractivity contribution in [3.05, 3.63) is 0 Å². The van der Waals surface area contributed by atoms with Crippen LogP contribution in [-0.4, -0.2) is 73.9 Å². The summed E-state index contributed by atoms with van der Waals surface area (Å²) in [7, 11) is 3.98. The standard InChI is InChI=1S/C10H20N2O3/c1-11(2)3-5-15-6-4-12-8-9(13)7-10(12)14/h9,13H,3-8H2,1-2H3. The number of hydrogen-bond donors (Lipinski definition) is 1. The smallest absolute Gasteiger partial charge is 0.225 e. The average molecular weight is 216 g/mol. The van der Waals surface area contributed by atoms with Crippen LogP contribution in [0.4, 0.5) is 0 Å². The summed E-state index contributed by atoms with van der Waals surface area (Å²) in [6.45, 7) is 3.15. The second kappa shape index (κ2) is 6.05. The van der Waals surface area contributed by atoms with Crippen molar-refractivity contribution in [2.45, 2.75) is 12.5 Å². The minimum Gasteiger partial charge on any atom is -0.391 e. The number of aliphatic hydroxyl groups excluding tert-OH is 1. The number of β-amino-alcohol motifs (C(OH)–C–C–N with tert-alkyl or cyclic N) is 1. The first-order valence-corrected chi connectivity index (χ1v) is 5.28. The molecule has 0 saturated carbocycles. The van der Waals surface area contributed by atoms with Gasteiger partial charge in [0, 0.05) is 19.6 Å². The highest BCUT2D eigenvalue weighted by Crippen LogP contribution is 2.09. The molecule has 0 aromatic heterocycles. The van der Waals surface area contributed by atoms with Crippen LogP contribution in [0.25, 0.3) is 0 Å². The number of aliphatic hydroxyl groups is 1. The molecule has 0 radical (unpaired) electrons. The molecule has 1 aliphatic heterocycles. The third-order valence-corrected chi connectivity index (χ3v) is 2.38. The van der Waals surface area contributed by atoms with E-state index in [2.05, 4.69) is 0 Å². The predicted molar refractivity (Wildman–Crippen MR) is 56.6 cm³/mol. The van der Waals surface area contributed by atoms with Crippen LogP contribution in [0.5, 0.6) is 0 Å². The fourth-order valence-corrected chi connectivity index (χ4v) is 1.49. The molecular formula is C10H20N2O3. The van der Waals surface area contributed by atoms with E-state index in [-0.39, 0.29) is 12.3 Å². The molecule has 1 rings (SSSR count). The van der Waals surface area contributed by atoms with Crippen molar-refractivity contribution in [3.63, 3.8) is 0 Å². The van der Waals surface area contributed by atoms with Crippen molar-refractivity contribution in [1.29, 1.82) is 0 Å². The SMILES string of the molecule is CN(C)CCOCCN1CC(O)CC1=O. The van der Waals surface area contributed by atoms with Crippen molar-refractivity contribution in [2.24, 2.45) is 0 Å². The van der Waals surface area contributed by atoms with E-state index >= 15 is 0 Å². The number of rotatable bonds is 6. The van der Waals surface area contributed by atoms with Crippen LogP contribution >= 0.6 is 0 Å². The number of carbonyl (C=O) groups excluding carboxylic acids is 1. The number of likely N-dealkylation sites (N-methyl/N-ethyl adjacent to an activating group) is 1. The average Bonchev–Trinajstić information content (AvgIpc) is 2.44. The molecule has 5 nitrogen and oxygen atoms in total. The Balaban J connectivity index is 2.03. The molecule has 0 aliphatic carbocycles. The van der Waals surface area contributed by atoms with Gasteiger partial charge in [-0.2, -0.15) is 0 Å². The third kappa shape index (κ3) is 4.59. The minimum absolute atomic E-state index is 0.0266. The van der Waals surface area contributed by atoms with Crippen molar-refractivity contribution < 1.29 is 14.6 Å². The molecule has 0 aromatic carbocycles. The maximum Gasteiger partial charge on any atom is 0.225 e. The van der Waals surface area contributed by atoms with Crippen LogP contribution in [0.3, 0.4) is 0 Å². The van der Waals surface area contributed by atoms with Crippen molar-refractivity contribution >= 4 is 5.91 Å². The summed E-state index contributed by atoms with van der Waals surface area (Å²) in [5, 5.41) is 9.24. The Bertz CT molecular complexity index is 209. The number of amides is 1. The highest BCUT2D eigenvalue weighted by Gasteiger charge is 2.27. The number of carbonyl (C=O) groups is 1. The van der Waals surface area contributed by atoms with Gasteiger partial charge >= 0.3 is 0 Å². The van der Waals surface area contributed by atoms with Gasteiger partial charge in [0.05, 0.1) is 25.7 Å². The van der Waals surface area contributed by atoms with E-state index in [0.29, 0.717) is 26.3 Å².